The summed E-state index contributed by atoms with van der Waals surface area (Å²) in [6, 6.07) is -18.0. The number of aromatic nitrogens is 10. The van der Waals surface area contributed by atoms with Gasteiger partial charge in [0.15, 0.2) is 0 Å². The molecule has 14 atom stereocenters. The van der Waals surface area contributed by atoms with Crippen LogP contribution in [0.3, 0.4) is 0 Å². The zero-order valence-corrected chi connectivity index (χ0v) is 83.8. The number of aliphatic carboxylic acids is 4. The fourth-order valence-electron chi connectivity index (χ4n) is 13.5. The van der Waals surface area contributed by atoms with Crippen LogP contribution in [0.25, 0.3) is 44.9 Å². The normalized spacial score (nSPS) is 18.7. The molecule has 12 amide bonds. The van der Waals surface area contributed by atoms with Gasteiger partial charge in [-0.2, -0.15) is 0 Å². The molecule has 4 aromatic heterocycles. The Morgan fingerprint density at radius 2 is 1.12 bits per heavy atom. The van der Waals surface area contributed by atoms with Crippen molar-refractivity contribution < 1.29 is 178 Å². The van der Waals surface area contributed by atoms with Crippen molar-refractivity contribution in [3.63, 3.8) is 0 Å². The van der Waals surface area contributed by atoms with Gasteiger partial charge in [0, 0.05) is 88.4 Å². The molecule has 45 nitrogen and oxygen atoms in total. The second-order valence-corrected chi connectivity index (χ2v) is 37.3. The molecule has 9 bridgehead atoms. The number of carboxylic acid groups (broad SMARTS) is 4. The number of carbonyl (C=O) groups excluding carboxylic acids is 14. The number of hydrogen-bond acceptors (Lipinski definition) is 32. The molecule has 7 heterocycles. The monoisotopic (exact) mass is 1970 g/mol. The number of fused-ring (bicyclic) bond motifs is 7. The number of imidazole rings is 1. The van der Waals surface area contributed by atoms with Crippen LogP contribution in [0.15, 0.2) is 12.5 Å². The Morgan fingerprint density at radius 3 is 1.73 bits per heavy atom. The van der Waals surface area contributed by atoms with Crippen molar-refractivity contribution in [2.75, 3.05) is 18.1 Å². The number of primary amides is 2. The van der Waals surface area contributed by atoms with Crippen molar-refractivity contribution in [1.29, 1.82) is 0 Å². The molecular formula is C80H110FeN24Na2O21S4. The van der Waals surface area contributed by atoms with E-state index in [0.29, 0.717) is 51.0 Å². The summed E-state index contributed by atoms with van der Waals surface area (Å²) in [5, 5.41) is 78.3. The van der Waals surface area contributed by atoms with Gasteiger partial charge < -0.3 is 146 Å². The average Bonchev–Trinajstić information content (AvgIpc) is 1.61. The molecule has 0 spiro atoms. The van der Waals surface area contributed by atoms with E-state index < -0.39 is 247 Å². The number of carboxylic acids is 4. The van der Waals surface area contributed by atoms with Gasteiger partial charge in [0.25, 0.3) is 0 Å². The SMILES string of the molecule is CC1=C(CCC(=O)[O-])c2nc1nc1[n-]c3nc4nc(nc5[n-]c(n2)c(CCC(=O)[O-])c5C)C(=C4C)C(C)SSCC(NC(=O)C(CCCCN)NC(=O)C(CCC(N)=O)NC(=O)C(N)C(C)C)C(=O)NC(C)C(=O)NC(CCC(N)=O)C(=O)NC(C(=O)NC(Cc2c[nH]cn2)C(=O)NC(C(=O)NC(C(=O)NC(CCC(=O)O)C(=O)O)C(C)C)C(C)O)CSSC(C)c3c1C.[Fe+2].[Na+].[Na+]. The Labute approximate surface area is 830 Å². The standard InChI is InChI=1S/C80H114N24O21S4.Fe.2Na/c1-32(2)59(84)77(121)90-47(19-22-53(83)107)72(116)89-45(15-13-14-26-81)71(115)93-50-29-126-128-41(12)58-37(8)65-102-68(58)100-63-35(6)44(17-24-55(110)111)67(99-63)104-66-43(16-23-54(108)109)34(5)62(98-66)97-64-36(7)57(69(101-64)103-65)40(11)129-127-30-51(94-73(117)46(18-21-52(82)106)88-70(114)38(9)87-75(50)119)76(120)92-49(27-42-28-85-31-86-42)74(118)96-61(39(10)105)79(123)95-60(33(3)4)78(122)91-48(80(124)125)20-25-56(112)113;;;/h28,31-33,38-41,45-51,59-61,105H,13-27,29-30,81,84H2,1-12H3,(H21,82,83,85,86,87,88,89,90,91,92,93,94,95,96,97,98,99,100,101,102,103,104,106,107,108,109,110,111,112,113,114,115,116,117,118,119,120,121,122,123,124,125);;;/q;+2;2*+1/p-4. The summed E-state index contributed by atoms with van der Waals surface area (Å²) in [5.74, 6) is -20.0. The van der Waals surface area contributed by atoms with Gasteiger partial charge in [0.1, 0.15) is 60.4 Å². The van der Waals surface area contributed by atoms with Crippen LogP contribution in [0.2, 0.25) is 0 Å². The maximum atomic E-state index is 15.5. The van der Waals surface area contributed by atoms with E-state index in [9.17, 15) is 83.1 Å². The van der Waals surface area contributed by atoms with E-state index in [1.807, 2.05) is 0 Å². The van der Waals surface area contributed by atoms with Crippen LogP contribution in [0.1, 0.15) is 203 Å². The third kappa shape index (κ3) is 33.4. The van der Waals surface area contributed by atoms with Crippen molar-refractivity contribution in [1.82, 2.24) is 103 Å². The first-order chi connectivity index (χ1) is 60.8. The summed E-state index contributed by atoms with van der Waals surface area (Å²) in [4.78, 5) is 265. The van der Waals surface area contributed by atoms with E-state index >= 15 is 19.2 Å². The predicted octanol–water partition coefficient (Wildman–Crippen LogP) is -9.46. The fourth-order valence-corrected chi connectivity index (χ4v) is 18.7. The first kappa shape index (κ1) is 115. The van der Waals surface area contributed by atoms with Gasteiger partial charge in [-0.3, -0.25) is 62.3 Å². The molecular weight excluding hydrogens is 1860 g/mol. The molecule has 22 N–H and O–H groups in total. The van der Waals surface area contributed by atoms with E-state index in [1.165, 1.54) is 33.3 Å². The van der Waals surface area contributed by atoms with Gasteiger partial charge >= 0.3 is 88.1 Å². The van der Waals surface area contributed by atoms with E-state index in [4.69, 9.17) is 62.8 Å². The van der Waals surface area contributed by atoms with Crippen LogP contribution < -0.4 is 155 Å². The second kappa shape index (κ2) is 54.4. The molecule has 3 aliphatic rings. The van der Waals surface area contributed by atoms with Crippen LogP contribution in [-0.2, 0) is 107 Å². The van der Waals surface area contributed by atoms with Crippen molar-refractivity contribution in [2.24, 2.45) is 34.8 Å². The number of aromatic amines is 1. The van der Waals surface area contributed by atoms with E-state index in [-0.39, 0.29) is 172 Å². The number of hydrogen-bond donors (Lipinski definition) is 18. The molecule has 710 valence electrons. The van der Waals surface area contributed by atoms with Crippen LogP contribution >= 0.6 is 43.2 Å². The van der Waals surface area contributed by atoms with Gasteiger partial charge in [-0.1, -0.05) is 70.9 Å². The van der Waals surface area contributed by atoms with Crippen molar-refractivity contribution >= 4 is 183 Å². The predicted molar refractivity (Wildman–Crippen MR) is 471 cm³/mol. The number of aliphatic hydroxyl groups excluding tert-OH is 1. The van der Waals surface area contributed by atoms with Crippen LogP contribution in [0.5, 0.6) is 0 Å². The largest absolute Gasteiger partial charge is 2.00 e. The Balaban J connectivity index is 0.0000121. The molecule has 0 saturated carbocycles. The van der Waals surface area contributed by atoms with Gasteiger partial charge in [-0.25, -0.2) is 19.7 Å². The van der Waals surface area contributed by atoms with Crippen LogP contribution in [-0.4, -0.2) is 246 Å². The molecule has 3 aliphatic heterocycles. The van der Waals surface area contributed by atoms with Gasteiger partial charge in [0.05, 0.1) is 47.5 Å². The molecule has 52 heteroatoms. The molecule has 0 aliphatic carbocycles. The van der Waals surface area contributed by atoms with Crippen molar-refractivity contribution in [2.45, 2.75) is 256 Å². The van der Waals surface area contributed by atoms with E-state index in [0.717, 1.165) is 50.1 Å². The number of allylic oxidation sites excluding steroid dienone is 3. The van der Waals surface area contributed by atoms with Gasteiger partial charge in [-0.15, -0.1) is 0 Å². The second-order valence-electron chi connectivity index (χ2n) is 31.8. The summed E-state index contributed by atoms with van der Waals surface area (Å²) in [5.41, 5.74) is 26.3. The van der Waals surface area contributed by atoms with Gasteiger partial charge in [-0.05, 0) is 183 Å². The van der Waals surface area contributed by atoms with Gasteiger partial charge in [0.2, 0.25) is 70.9 Å². The summed E-state index contributed by atoms with van der Waals surface area (Å²) >= 11 is 0. The minimum Gasteiger partial charge on any atom is -0.550 e. The average molecular weight is 1970 g/mol. The van der Waals surface area contributed by atoms with Crippen molar-refractivity contribution in [3.8, 4) is 0 Å². The zero-order chi connectivity index (χ0) is 95.7. The summed E-state index contributed by atoms with van der Waals surface area (Å²) in [6.45, 7) is 18.9. The zero-order valence-electron chi connectivity index (χ0n) is 75.4. The Hall–Kier alpha value is -9.15. The molecule has 0 saturated heterocycles. The smallest absolute Gasteiger partial charge is 0.550 e. The molecule has 4 aromatic rings. The number of unbranched alkanes of at least 4 members (excludes halogenated alkanes) is 1. The number of nitrogens with two attached hydrogens (primary N) is 4. The number of nitrogens with zero attached hydrogens (tertiary/aromatic N) is 9. The van der Waals surface area contributed by atoms with Crippen LogP contribution in [0.4, 0.5) is 0 Å². The number of aryl methyl sites for hydroxylation is 3. The quantitative estimate of drug-likeness (QED) is 0.0112. The number of amides is 12. The number of rotatable bonds is 39. The molecule has 0 radical (unpaired) electrons. The van der Waals surface area contributed by atoms with Crippen LogP contribution in [0, 0.1) is 25.7 Å². The molecule has 14 unspecified atom stereocenters. The third-order valence-corrected chi connectivity index (χ3v) is 26.7. The molecule has 0 fully saturated rings. The first-order valence-corrected chi connectivity index (χ1v) is 46.2. The number of carbonyl (C=O) groups is 16. The van der Waals surface area contributed by atoms with E-state index in [2.05, 4.69) is 63.1 Å². The fraction of sp³-hybridized carbons (Fsp3) is 0.562. The maximum Gasteiger partial charge on any atom is 2.00 e. The number of nitrogens with one attached hydrogen (secondary N) is 11. The maximum absolute atomic E-state index is 15.5. The molecule has 132 heavy (non-hydrogen) atoms. The summed E-state index contributed by atoms with van der Waals surface area (Å²) in [7, 11) is 4.26. The van der Waals surface area contributed by atoms with Crippen molar-refractivity contribution in [3.05, 3.63) is 63.8 Å². The Bertz CT molecular complexity index is 5120. The first-order valence-electron chi connectivity index (χ1n) is 41.5. The topological polar surface area (TPSA) is 739 Å². The Morgan fingerprint density at radius 1 is 0.568 bits per heavy atom. The van der Waals surface area contributed by atoms with E-state index in [1.54, 1.807) is 55.4 Å². The Kier molecular flexibility index (Phi) is 47.5. The number of aliphatic hydroxyl groups is 1. The molecule has 7 rings (SSSR count). The number of H-pyrrole nitrogens is 1. The minimum absolute atomic E-state index is 0. The third-order valence-electron chi connectivity index (χ3n) is 21.1. The summed E-state index contributed by atoms with van der Waals surface area (Å²) in [6.07, 6.45) is -3.61. The molecule has 0 aromatic carbocycles. The minimum atomic E-state index is -1.94. The summed E-state index contributed by atoms with van der Waals surface area (Å²) < 4.78 is 0.